The minimum Gasteiger partial charge on any atom is -0.368 e. The third-order valence-electron chi connectivity index (χ3n) is 3.90. The van der Waals surface area contributed by atoms with Crippen molar-refractivity contribution in [2.45, 2.75) is 31.7 Å². The van der Waals surface area contributed by atoms with Gasteiger partial charge >= 0.3 is 6.18 Å². The smallest absolute Gasteiger partial charge is 0.368 e. The lowest BCUT2D eigenvalue weighted by Gasteiger charge is -2.11. The third-order valence-corrected chi connectivity index (χ3v) is 3.90. The van der Waals surface area contributed by atoms with Gasteiger partial charge in [0.25, 0.3) is 5.91 Å². The Morgan fingerprint density at radius 1 is 1.15 bits per heavy atom. The Bertz CT molecular complexity index is 812. The number of hydrogen-bond acceptors (Lipinski definition) is 4. The van der Waals surface area contributed by atoms with Crippen LogP contribution < -0.4 is 10.6 Å². The summed E-state index contributed by atoms with van der Waals surface area (Å²) in [6, 6.07) is 7.18. The van der Waals surface area contributed by atoms with E-state index in [-0.39, 0.29) is 12.5 Å². The number of benzene rings is 1. The van der Waals surface area contributed by atoms with E-state index in [1.165, 1.54) is 0 Å². The first-order valence-electron chi connectivity index (χ1n) is 8.24. The van der Waals surface area contributed by atoms with Crippen LogP contribution in [0.3, 0.4) is 0 Å². The van der Waals surface area contributed by atoms with Gasteiger partial charge in [-0.2, -0.15) is 18.3 Å². The summed E-state index contributed by atoms with van der Waals surface area (Å²) >= 11 is 0. The Hall–Kier alpha value is -2.88. The van der Waals surface area contributed by atoms with Gasteiger partial charge in [-0.3, -0.25) is 14.3 Å². The average molecular weight is 382 g/mol. The van der Waals surface area contributed by atoms with Crippen LogP contribution in [0.1, 0.15) is 18.5 Å². The molecule has 27 heavy (non-hydrogen) atoms. The largest absolute Gasteiger partial charge is 0.435 e. The maximum Gasteiger partial charge on any atom is 0.435 e. The molecule has 2 N–H and O–H groups in total. The van der Waals surface area contributed by atoms with Gasteiger partial charge in [0.05, 0.1) is 0 Å². The Morgan fingerprint density at radius 3 is 2.37 bits per heavy atom. The molecule has 10 heteroatoms. The molecule has 2 heterocycles. The molecule has 1 saturated heterocycles. The number of carbonyl (C=O) groups excluding carboxylic acids is 2. The molecule has 0 bridgehead atoms. The van der Waals surface area contributed by atoms with E-state index in [0.29, 0.717) is 24.4 Å². The molecule has 1 aromatic carbocycles. The average Bonchev–Trinajstić information content (AvgIpc) is 3.27. The first-order valence-corrected chi connectivity index (χ1v) is 8.24. The van der Waals surface area contributed by atoms with Crippen molar-refractivity contribution in [2.24, 2.45) is 0 Å². The fraction of sp³-hybridized carbons (Fsp3) is 0.353. The quantitative estimate of drug-likeness (QED) is 0.833. The fourth-order valence-electron chi connectivity index (χ4n) is 2.59. The normalized spacial score (nSPS) is 16.9. The highest BCUT2D eigenvalue weighted by molar-refractivity contribution is 5.95. The topological polar surface area (TPSA) is 85.3 Å². The van der Waals surface area contributed by atoms with Gasteiger partial charge in [-0.1, -0.05) is 0 Å². The van der Waals surface area contributed by atoms with Crippen LogP contribution in [0.25, 0.3) is 0 Å². The zero-order valence-corrected chi connectivity index (χ0v) is 14.1. The minimum atomic E-state index is -4.55. The molecule has 1 aliphatic rings. The van der Waals surface area contributed by atoms with Crippen LogP contribution in [0.4, 0.5) is 24.5 Å². The molecule has 0 spiro atoms. The van der Waals surface area contributed by atoms with Crippen molar-refractivity contribution in [3.8, 4) is 0 Å². The number of rotatable bonds is 5. The van der Waals surface area contributed by atoms with Crippen molar-refractivity contribution < 1.29 is 27.5 Å². The van der Waals surface area contributed by atoms with Crippen molar-refractivity contribution in [3.05, 3.63) is 42.2 Å². The number of anilines is 2. The van der Waals surface area contributed by atoms with Crippen LogP contribution >= 0.6 is 0 Å². The van der Waals surface area contributed by atoms with Gasteiger partial charge in [-0.05, 0) is 43.2 Å². The Labute approximate surface area is 152 Å². The molecule has 0 saturated carbocycles. The monoisotopic (exact) mass is 382 g/mol. The second-order valence-electron chi connectivity index (χ2n) is 6.01. The van der Waals surface area contributed by atoms with E-state index in [4.69, 9.17) is 4.74 Å². The van der Waals surface area contributed by atoms with Crippen molar-refractivity contribution in [2.75, 3.05) is 17.2 Å². The van der Waals surface area contributed by atoms with Gasteiger partial charge < -0.3 is 15.4 Å². The molecule has 144 valence electrons. The molecule has 1 atom stereocenters. The molecular weight excluding hydrogens is 365 g/mol. The van der Waals surface area contributed by atoms with E-state index in [0.717, 1.165) is 23.4 Å². The molecule has 0 aliphatic carbocycles. The van der Waals surface area contributed by atoms with E-state index in [1.54, 1.807) is 24.3 Å². The summed E-state index contributed by atoms with van der Waals surface area (Å²) in [5.74, 6) is -0.744. The zero-order chi connectivity index (χ0) is 19.4. The van der Waals surface area contributed by atoms with Gasteiger partial charge in [-0.15, -0.1) is 0 Å². The molecule has 2 amide bonds. The lowest BCUT2D eigenvalue weighted by Crippen LogP contribution is -2.26. The van der Waals surface area contributed by atoms with Crippen LogP contribution in [0.15, 0.2) is 36.5 Å². The predicted molar refractivity (Wildman–Crippen MR) is 89.9 cm³/mol. The van der Waals surface area contributed by atoms with E-state index < -0.39 is 23.9 Å². The number of alkyl halides is 3. The van der Waals surface area contributed by atoms with E-state index in [2.05, 4.69) is 15.7 Å². The standard InChI is InChI=1S/C17H17F3N4O3/c18-17(19,20)14-7-8-24(23-14)10-15(25)21-11-3-5-12(6-4-11)22-16(26)13-2-1-9-27-13/h3-8,13H,1-2,9-10H2,(H,21,25)(H,22,26). The molecule has 1 aromatic heterocycles. The first kappa shape index (κ1) is 18.9. The number of carbonyl (C=O) groups is 2. The van der Waals surface area contributed by atoms with Gasteiger partial charge in [-0.25, -0.2) is 0 Å². The van der Waals surface area contributed by atoms with E-state index in [9.17, 15) is 22.8 Å². The van der Waals surface area contributed by atoms with Crippen LogP contribution in [-0.4, -0.2) is 34.3 Å². The summed E-state index contributed by atoms with van der Waals surface area (Å²) < 4.78 is 43.7. The maximum atomic E-state index is 12.5. The van der Waals surface area contributed by atoms with Crippen LogP contribution in [0.5, 0.6) is 0 Å². The molecule has 2 aromatic rings. The summed E-state index contributed by atoms with van der Waals surface area (Å²) in [6.07, 6.45) is -2.37. The number of aromatic nitrogens is 2. The van der Waals surface area contributed by atoms with Gasteiger partial charge in [0.15, 0.2) is 5.69 Å². The minimum absolute atomic E-state index is 0.219. The molecule has 0 radical (unpaired) electrons. The van der Waals surface area contributed by atoms with E-state index in [1.807, 2.05) is 0 Å². The second-order valence-corrected chi connectivity index (χ2v) is 6.01. The lowest BCUT2D eigenvalue weighted by molar-refractivity contribution is -0.141. The summed E-state index contributed by atoms with van der Waals surface area (Å²) in [7, 11) is 0. The van der Waals surface area contributed by atoms with Gasteiger partial charge in [0.2, 0.25) is 5.91 Å². The maximum absolute atomic E-state index is 12.5. The summed E-state index contributed by atoms with van der Waals surface area (Å²) in [5, 5.41) is 8.60. The molecular formula is C17H17F3N4O3. The first-order chi connectivity index (χ1) is 12.8. The van der Waals surface area contributed by atoms with Crippen molar-refractivity contribution in [3.63, 3.8) is 0 Å². The number of nitrogens with one attached hydrogen (secondary N) is 2. The summed E-state index contributed by atoms with van der Waals surface area (Å²) in [6.45, 7) is 0.220. The molecule has 1 fully saturated rings. The van der Waals surface area contributed by atoms with Crippen LogP contribution in [-0.2, 0) is 27.0 Å². The predicted octanol–water partition coefficient (Wildman–Crippen LogP) is 2.66. The third kappa shape index (κ3) is 5.07. The van der Waals surface area contributed by atoms with E-state index >= 15 is 0 Å². The van der Waals surface area contributed by atoms with Gasteiger partial charge in [0, 0.05) is 24.2 Å². The lowest BCUT2D eigenvalue weighted by atomic mass is 10.2. The summed E-state index contributed by atoms with van der Waals surface area (Å²) in [4.78, 5) is 23.9. The SMILES string of the molecule is O=C(Cn1ccc(C(F)(F)F)n1)Nc1ccc(NC(=O)C2CCCO2)cc1. The molecule has 1 unspecified atom stereocenters. The number of ether oxygens (including phenoxy) is 1. The molecule has 1 aliphatic heterocycles. The highest BCUT2D eigenvalue weighted by Crippen LogP contribution is 2.27. The Balaban J connectivity index is 1.52. The number of hydrogen-bond donors (Lipinski definition) is 2. The number of halogens is 3. The highest BCUT2D eigenvalue weighted by atomic mass is 19.4. The molecule has 7 nitrogen and oxygen atoms in total. The second kappa shape index (κ2) is 7.78. The van der Waals surface area contributed by atoms with Crippen LogP contribution in [0.2, 0.25) is 0 Å². The van der Waals surface area contributed by atoms with Crippen LogP contribution in [0, 0.1) is 0 Å². The van der Waals surface area contributed by atoms with Crippen molar-refractivity contribution in [1.29, 1.82) is 0 Å². The molecule has 3 rings (SSSR count). The highest BCUT2D eigenvalue weighted by Gasteiger charge is 2.33. The number of nitrogens with zero attached hydrogens (tertiary/aromatic N) is 2. The number of amides is 2. The summed E-state index contributed by atoms with van der Waals surface area (Å²) in [5.41, 5.74) is -0.0599. The van der Waals surface area contributed by atoms with Gasteiger partial charge in [0.1, 0.15) is 12.6 Å². The Morgan fingerprint density at radius 2 is 1.81 bits per heavy atom. The van der Waals surface area contributed by atoms with Crippen molar-refractivity contribution in [1.82, 2.24) is 9.78 Å². The Kier molecular flexibility index (Phi) is 5.45. The zero-order valence-electron chi connectivity index (χ0n) is 14.1. The fourth-order valence-corrected chi connectivity index (χ4v) is 2.59. The van der Waals surface area contributed by atoms with Crippen molar-refractivity contribution >= 4 is 23.2 Å².